The molecule has 0 spiro atoms. The Morgan fingerprint density at radius 2 is 1.55 bits per heavy atom. The lowest BCUT2D eigenvalue weighted by atomic mass is 9.98. The molecule has 0 radical (unpaired) electrons. The van der Waals surface area contributed by atoms with Crippen LogP contribution in [0.3, 0.4) is 0 Å². The maximum atomic E-state index is 12.1. The van der Waals surface area contributed by atoms with E-state index in [1.54, 1.807) is 26.0 Å². The lowest BCUT2D eigenvalue weighted by molar-refractivity contribution is -0.163. The van der Waals surface area contributed by atoms with Crippen molar-refractivity contribution in [1.82, 2.24) is 4.98 Å². The van der Waals surface area contributed by atoms with Gasteiger partial charge in [-0.05, 0) is 31.5 Å². The largest absolute Gasteiger partial charge is 0.465 e. The zero-order valence-corrected chi connectivity index (χ0v) is 11.5. The summed E-state index contributed by atoms with van der Waals surface area (Å²) in [5.41, 5.74) is 0.670. The summed E-state index contributed by atoms with van der Waals surface area (Å²) in [6.07, 6.45) is 3.02. The van der Waals surface area contributed by atoms with Gasteiger partial charge >= 0.3 is 11.9 Å². The third-order valence-electron chi connectivity index (χ3n) is 2.49. The van der Waals surface area contributed by atoms with Gasteiger partial charge in [-0.3, -0.25) is 19.4 Å². The van der Waals surface area contributed by atoms with E-state index in [0.717, 1.165) is 0 Å². The smallest absolute Gasteiger partial charge is 0.328 e. The average molecular weight is 279 g/mol. The van der Waals surface area contributed by atoms with E-state index in [0.29, 0.717) is 5.56 Å². The number of nitrogens with zero attached hydrogens (tertiary/aromatic N) is 1. The molecule has 0 aliphatic heterocycles. The highest BCUT2D eigenvalue weighted by Crippen LogP contribution is 2.10. The van der Waals surface area contributed by atoms with Crippen LogP contribution in [0.4, 0.5) is 0 Å². The van der Waals surface area contributed by atoms with Crippen molar-refractivity contribution in [3.63, 3.8) is 0 Å². The van der Waals surface area contributed by atoms with Gasteiger partial charge < -0.3 is 9.47 Å². The average Bonchev–Trinajstić information content (AvgIpc) is 2.40. The van der Waals surface area contributed by atoms with Crippen molar-refractivity contribution in [2.75, 3.05) is 13.2 Å². The second kappa shape index (κ2) is 8.04. The number of Topliss-reactive ketones (excluding diaryl/α,β-unsaturated/α-hetero) is 1. The monoisotopic (exact) mass is 279 g/mol. The third kappa shape index (κ3) is 4.46. The molecule has 0 aromatic carbocycles. The van der Waals surface area contributed by atoms with Crippen molar-refractivity contribution >= 4 is 17.7 Å². The zero-order chi connectivity index (χ0) is 15.0. The Hall–Kier alpha value is -2.24. The van der Waals surface area contributed by atoms with Gasteiger partial charge in [-0.1, -0.05) is 0 Å². The Morgan fingerprint density at radius 3 is 2.00 bits per heavy atom. The molecule has 0 amide bonds. The molecule has 20 heavy (non-hydrogen) atoms. The third-order valence-corrected chi connectivity index (χ3v) is 2.49. The number of hydrogen-bond donors (Lipinski definition) is 0. The molecular formula is C14H17NO5. The van der Waals surface area contributed by atoms with E-state index < -0.39 is 23.6 Å². The van der Waals surface area contributed by atoms with Crippen LogP contribution in [0.1, 0.15) is 19.4 Å². The molecule has 0 bridgehead atoms. The van der Waals surface area contributed by atoms with E-state index in [1.165, 1.54) is 12.4 Å². The van der Waals surface area contributed by atoms with Crippen LogP contribution >= 0.6 is 0 Å². The standard InChI is InChI=1S/C14H17NO5/c1-3-19-13(17)12(14(18)20-4-2)11(16)9-10-5-7-15-8-6-10/h5-8,12H,3-4,9H2,1-2H3. The molecule has 1 rings (SSSR count). The molecule has 0 fully saturated rings. The number of ether oxygens (including phenoxy) is 2. The van der Waals surface area contributed by atoms with Crippen LogP contribution in [0.5, 0.6) is 0 Å². The topological polar surface area (TPSA) is 82.6 Å². The van der Waals surface area contributed by atoms with E-state index >= 15 is 0 Å². The summed E-state index contributed by atoms with van der Waals surface area (Å²) in [5.74, 6) is -3.81. The molecule has 0 unspecified atom stereocenters. The van der Waals surface area contributed by atoms with Crippen LogP contribution in [0.25, 0.3) is 0 Å². The number of hydrogen-bond acceptors (Lipinski definition) is 6. The first-order valence-electron chi connectivity index (χ1n) is 6.35. The molecule has 108 valence electrons. The highest BCUT2D eigenvalue weighted by molar-refractivity contribution is 6.15. The van der Waals surface area contributed by atoms with Crippen molar-refractivity contribution in [1.29, 1.82) is 0 Å². The quantitative estimate of drug-likeness (QED) is 0.545. The molecule has 0 saturated carbocycles. The minimum absolute atomic E-state index is 0.0508. The van der Waals surface area contributed by atoms with E-state index in [-0.39, 0.29) is 19.6 Å². The van der Waals surface area contributed by atoms with E-state index in [4.69, 9.17) is 9.47 Å². The molecule has 0 aliphatic rings. The molecule has 0 N–H and O–H groups in total. The van der Waals surface area contributed by atoms with Crippen LogP contribution in [0, 0.1) is 5.92 Å². The second-order valence-corrected chi connectivity index (χ2v) is 3.94. The van der Waals surface area contributed by atoms with E-state index in [2.05, 4.69) is 4.98 Å². The van der Waals surface area contributed by atoms with Crippen LogP contribution in [-0.2, 0) is 30.3 Å². The summed E-state index contributed by atoms with van der Waals surface area (Å²) in [5, 5.41) is 0. The van der Waals surface area contributed by atoms with Gasteiger partial charge in [0.25, 0.3) is 0 Å². The molecular weight excluding hydrogens is 262 g/mol. The Morgan fingerprint density at radius 1 is 1.05 bits per heavy atom. The van der Waals surface area contributed by atoms with Crippen LogP contribution in [-0.4, -0.2) is 35.9 Å². The van der Waals surface area contributed by atoms with Crippen molar-refractivity contribution in [2.45, 2.75) is 20.3 Å². The Balaban J connectivity index is 2.84. The predicted octanol–water partition coefficient (Wildman–Crippen LogP) is 0.936. The fraction of sp³-hybridized carbons (Fsp3) is 0.429. The fourth-order valence-corrected chi connectivity index (χ4v) is 1.61. The normalized spacial score (nSPS) is 10.2. The minimum Gasteiger partial charge on any atom is -0.465 e. The summed E-state index contributed by atoms with van der Waals surface area (Å²) in [4.78, 5) is 39.4. The number of carbonyl (C=O) groups excluding carboxylic acids is 3. The number of carbonyl (C=O) groups is 3. The lowest BCUT2D eigenvalue weighted by Gasteiger charge is -2.13. The second-order valence-electron chi connectivity index (χ2n) is 3.94. The SMILES string of the molecule is CCOC(=O)C(C(=O)Cc1ccncc1)C(=O)OCC. The zero-order valence-electron chi connectivity index (χ0n) is 11.5. The number of esters is 2. The minimum atomic E-state index is -1.52. The molecule has 0 atom stereocenters. The summed E-state index contributed by atoms with van der Waals surface area (Å²) < 4.78 is 9.51. The van der Waals surface area contributed by atoms with Gasteiger partial charge in [0.15, 0.2) is 5.78 Å². The van der Waals surface area contributed by atoms with Gasteiger partial charge in [0, 0.05) is 18.8 Å². The van der Waals surface area contributed by atoms with Gasteiger partial charge in [0.05, 0.1) is 13.2 Å². The van der Waals surface area contributed by atoms with Gasteiger partial charge in [-0.25, -0.2) is 0 Å². The first-order valence-corrected chi connectivity index (χ1v) is 6.35. The number of pyridine rings is 1. The highest BCUT2D eigenvalue weighted by Gasteiger charge is 2.36. The van der Waals surface area contributed by atoms with Gasteiger partial charge in [0.2, 0.25) is 5.92 Å². The van der Waals surface area contributed by atoms with Gasteiger partial charge in [0.1, 0.15) is 0 Å². The van der Waals surface area contributed by atoms with Crippen molar-refractivity contribution in [3.05, 3.63) is 30.1 Å². The molecule has 6 nitrogen and oxygen atoms in total. The van der Waals surface area contributed by atoms with Crippen molar-refractivity contribution < 1.29 is 23.9 Å². The molecule has 1 aromatic heterocycles. The molecule has 0 aliphatic carbocycles. The maximum absolute atomic E-state index is 12.1. The molecule has 1 heterocycles. The summed E-state index contributed by atoms with van der Waals surface area (Å²) >= 11 is 0. The number of ketones is 1. The van der Waals surface area contributed by atoms with Crippen LogP contribution in [0.2, 0.25) is 0 Å². The van der Waals surface area contributed by atoms with E-state index in [9.17, 15) is 14.4 Å². The number of aromatic nitrogens is 1. The first kappa shape index (κ1) is 15.8. The lowest BCUT2D eigenvalue weighted by Crippen LogP contribution is -2.35. The summed E-state index contributed by atoms with van der Waals surface area (Å²) in [7, 11) is 0. The van der Waals surface area contributed by atoms with Crippen molar-refractivity contribution in [3.8, 4) is 0 Å². The Bertz CT molecular complexity index is 454. The molecule has 0 saturated heterocycles. The summed E-state index contributed by atoms with van der Waals surface area (Å²) in [6, 6.07) is 3.29. The van der Waals surface area contributed by atoms with Gasteiger partial charge in [-0.15, -0.1) is 0 Å². The van der Waals surface area contributed by atoms with Crippen LogP contribution in [0.15, 0.2) is 24.5 Å². The summed E-state index contributed by atoms with van der Waals surface area (Å²) in [6.45, 7) is 3.40. The predicted molar refractivity (Wildman–Crippen MR) is 69.7 cm³/mol. The Labute approximate surface area is 117 Å². The highest BCUT2D eigenvalue weighted by atomic mass is 16.6. The van der Waals surface area contributed by atoms with Crippen molar-refractivity contribution in [2.24, 2.45) is 5.92 Å². The fourth-order valence-electron chi connectivity index (χ4n) is 1.61. The first-order chi connectivity index (χ1) is 9.60. The van der Waals surface area contributed by atoms with E-state index in [1.807, 2.05) is 0 Å². The van der Waals surface area contributed by atoms with Crippen LogP contribution < -0.4 is 0 Å². The molecule has 1 aromatic rings. The maximum Gasteiger partial charge on any atom is 0.328 e. The van der Waals surface area contributed by atoms with Gasteiger partial charge in [-0.2, -0.15) is 0 Å². The molecule has 6 heteroatoms. The Kier molecular flexibility index (Phi) is 6.36. The number of rotatable bonds is 7.